The lowest BCUT2D eigenvalue weighted by atomic mass is 9.70. The number of ether oxygens (including phenoxy) is 3. The number of aliphatic hydroxyl groups is 2. The summed E-state index contributed by atoms with van der Waals surface area (Å²) >= 11 is 0. The Labute approximate surface area is 232 Å². The van der Waals surface area contributed by atoms with Crippen molar-refractivity contribution >= 4 is 17.4 Å². The number of nitrogens with one attached hydrogen (secondary N) is 1. The van der Waals surface area contributed by atoms with Crippen LogP contribution in [0.5, 0.6) is 0 Å². The Morgan fingerprint density at radius 1 is 1.12 bits per heavy atom. The Bertz CT molecular complexity index is 1270. The van der Waals surface area contributed by atoms with Gasteiger partial charge in [0.2, 0.25) is 5.91 Å². The lowest BCUT2D eigenvalue weighted by Gasteiger charge is -2.47. The van der Waals surface area contributed by atoms with Crippen molar-refractivity contribution < 1.29 is 38.4 Å². The smallest absolute Gasteiger partial charge is 0.250 e. The molecule has 4 heterocycles. The summed E-state index contributed by atoms with van der Waals surface area (Å²) in [6.45, 7) is 2.55. The molecule has 3 saturated heterocycles. The van der Waals surface area contributed by atoms with E-state index in [0.717, 1.165) is 12.0 Å². The Morgan fingerprint density at radius 3 is 2.62 bits per heavy atom. The van der Waals surface area contributed by atoms with Gasteiger partial charge in [-0.1, -0.05) is 43.7 Å². The lowest BCUT2D eigenvalue weighted by Crippen LogP contribution is -2.63. The molecule has 10 heteroatoms. The highest BCUT2D eigenvalue weighted by molar-refractivity contribution is 6.09. The molecule has 2 aromatic carbocycles. The van der Waals surface area contributed by atoms with Gasteiger partial charge >= 0.3 is 0 Å². The minimum absolute atomic E-state index is 0.174. The molecule has 0 bridgehead atoms. The normalized spacial score (nSPS) is 37.3. The van der Waals surface area contributed by atoms with Gasteiger partial charge in [-0.3, -0.25) is 14.5 Å². The summed E-state index contributed by atoms with van der Waals surface area (Å²) in [5.41, 5.74) is 0.786. The number of Topliss-reactive ketones (excluding diaryl/α,β-unsaturated/α-hetero) is 1. The van der Waals surface area contributed by atoms with Crippen LogP contribution >= 0.6 is 0 Å². The van der Waals surface area contributed by atoms with Crippen molar-refractivity contribution in [3.63, 3.8) is 0 Å². The van der Waals surface area contributed by atoms with Gasteiger partial charge in [0.05, 0.1) is 18.6 Å². The van der Waals surface area contributed by atoms with Crippen molar-refractivity contribution in [3.8, 4) is 0 Å². The van der Waals surface area contributed by atoms with Gasteiger partial charge in [0.15, 0.2) is 6.29 Å². The second-order valence-electron chi connectivity index (χ2n) is 11.3. The molecular weight excluding hydrogens is 519 g/mol. The quantitative estimate of drug-likeness (QED) is 0.498. The van der Waals surface area contributed by atoms with Crippen LogP contribution in [0, 0.1) is 11.7 Å². The predicted octanol–water partition coefficient (Wildman–Crippen LogP) is 2.31. The number of para-hydroxylation sites is 1. The predicted molar refractivity (Wildman–Crippen MR) is 142 cm³/mol. The van der Waals surface area contributed by atoms with E-state index in [2.05, 4.69) is 5.32 Å². The number of carbonyl (C=O) groups is 2. The van der Waals surface area contributed by atoms with Crippen LogP contribution in [0.4, 0.5) is 10.1 Å². The summed E-state index contributed by atoms with van der Waals surface area (Å²) in [5, 5.41) is 24.9. The van der Waals surface area contributed by atoms with Crippen molar-refractivity contribution in [1.29, 1.82) is 0 Å². The number of hydrogen-bond acceptors (Lipinski definition) is 8. The SMILES string of the molecule is CCCC1OC[C@H]2O[C@@H](CC(=O)[C@@H]3[C@@H](c4ccc(F)cc4)CN(C)[C@@]34C(=O)Nc3ccccc34)[C@H](O)[C@@H](O)[C@@H]2O1. The maximum Gasteiger partial charge on any atom is 0.250 e. The second-order valence-corrected chi connectivity index (χ2v) is 11.3. The van der Waals surface area contributed by atoms with Gasteiger partial charge in [-0.2, -0.15) is 0 Å². The average molecular weight is 555 g/mol. The second kappa shape index (κ2) is 10.6. The molecule has 40 heavy (non-hydrogen) atoms. The molecule has 4 aliphatic rings. The van der Waals surface area contributed by atoms with Crippen LogP contribution in [0.3, 0.4) is 0 Å². The molecule has 9 nitrogen and oxygen atoms in total. The van der Waals surface area contributed by atoms with Gasteiger partial charge in [-0.05, 0) is 37.2 Å². The zero-order chi connectivity index (χ0) is 28.2. The highest BCUT2D eigenvalue weighted by Gasteiger charge is 2.64. The first-order valence-electron chi connectivity index (χ1n) is 13.9. The van der Waals surface area contributed by atoms with E-state index >= 15 is 0 Å². The first kappa shape index (κ1) is 27.4. The minimum Gasteiger partial charge on any atom is -0.388 e. The number of amides is 1. The molecule has 0 radical (unpaired) electrons. The molecule has 3 fully saturated rings. The number of fused-ring (bicyclic) bond motifs is 3. The van der Waals surface area contributed by atoms with Crippen LogP contribution in [0.15, 0.2) is 48.5 Å². The molecular formula is C30H35FN2O7. The number of likely N-dealkylation sites (tertiary alicyclic amines) is 1. The van der Waals surface area contributed by atoms with E-state index < -0.39 is 60.0 Å². The highest BCUT2D eigenvalue weighted by atomic mass is 19.1. The van der Waals surface area contributed by atoms with Gasteiger partial charge in [-0.15, -0.1) is 0 Å². The monoisotopic (exact) mass is 554 g/mol. The third-order valence-corrected chi connectivity index (χ3v) is 8.97. The molecule has 1 unspecified atom stereocenters. The van der Waals surface area contributed by atoms with Crippen LogP contribution in [-0.4, -0.2) is 83.8 Å². The lowest BCUT2D eigenvalue weighted by molar-refractivity contribution is -0.325. The summed E-state index contributed by atoms with van der Waals surface area (Å²) < 4.78 is 31.5. The molecule has 3 N–H and O–H groups in total. The number of anilines is 1. The van der Waals surface area contributed by atoms with Crippen molar-refractivity contribution in [2.75, 3.05) is 25.5 Å². The van der Waals surface area contributed by atoms with Crippen LogP contribution in [-0.2, 0) is 29.3 Å². The molecule has 0 aromatic heterocycles. The number of aliphatic hydroxyl groups excluding tert-OH is 2. The Kier molecular flexibility index (Phi) is 7.27. The summed E-state index contributed by atoms with van der Waals surface area (Å²) in [7, 11) is 1.81. The van der Waals surface area contributed by atoms with Gasteiger partial charge < -0.3 is 29.7 Å². The summed E-state index contributed by atoms with van der Waals surface area (Å²) in [5.74, 6) is -2.27. The Hall–Kier alpha value is -2.73. The number of benzene rings is 2. The van der Waals surface area contributed by atoms with E-state index in [1.54, 1.807) is 12.1 Å². The fraction of sp³-hybridized carbons (Fsp3) is 0.533. The maximum absolute atomic E-state index is 14.4. The first-order valence-corrected chi connectivity index (χ1v) is 13.9. The molecule has 2 aromatic rings. The van der Waals surface area contributed by atoms with Crippen LogP contribution in [0.25, 0.3) is 0 Å². The van der Waals surface area contributed by atoms with Crippen molar-refractivity contribution in [3.05, 3.63) is 65.5 Å². The van der Waals surface area contributed by atoms with Crippen molar-refractivity contribution in [2.24, 2.45) is 5.92 Å². The average Bonchev–Trinajstić information content (AvgIpc) is 3.42. The zero-order valence-electron chi connectivity index (χ0n) is 22.5. The van der Waals surface area contributed by atoms with E-state index in [1.165, 1.54) is 12.1 Å². The molecule has 9 atom stereocenters. The number of hydrogen-bond donors (Lipinski definition) is 3. The zero-order valence-corrected chi connectivity index (χ0v) is 22.5. The molecule has 214 valence electrons. The van der Waals surface area contributed by atoms with E-state index in [4.69, 9.17) is 14.2 Å². The van der Waals surface area contributed by atoms with E-state index in [1.807, 2.05) is 43.1 Å². The molecule has 0 aliphatic carbocycles. The maximum atomic E-state index is 14.4. The third kappa shape index (κ3) is 4.29. The molecule has 1 amide bonds. The number of nitrogens with zero attached hydrogens (tertiary/aromatic N) is 1. The number of rotatable bonds is 6. The van der Waals surface area contributed by atoms with Crippen LogP contribution in [0.2, 0.25) is 0 Å². The highest BCUT2D eigenvalue weighted by Crippen LogP contribution is 2.55. The largest absolute Gasteiger partial charge is 0.388 e. The number of halogens is 1. The fourth-order valence-corrected chi connectivity index (χ4v) is 7.11. The van der Waals surface area contributed by atoms with Gasteiger partial charge in [0, 0.05) is 30.1 Å². The van der Waals surface area contributed by atoms with Crippen molar-refractivity contribution in [2.45, 2.75) is 74.5 Å². The van der Waals surface area contributed by atoms with E-state index in [-0.39, 0.29) is 24.7 Å². The summed E-state index contributed by atoms with van der Waals surface area (Å²) in [6.07, 6.45) is -4.29. The van der Waals surface area contributed by atoms with Gasteiger partial charge in [0.1, 0.15) is 41.6 Å². The Morgan fingerprint density at radius 2 is 1.88 bits per heavy atom. The molecule has 0 saturated carbocycles. The van der Waals surface area contributed by atoms with Crippen LogP contribution in [0.1, 0.15) is 43.2 Å². The third-order valence-electron chi connectivity index (χ3n) is 8.97. The standard InChI is InChI=1S/C30H35FN2O7/c1-3-6-24-38-15-23-28(40-24)27(36)26(35)22(39-23)13-21(34)25-18(16-9-11-17(31)12-10-16)14-33(2)30(25)19-7-4-5-8-20(19)32-29(30)37/h4-5,7-12,18,22-28,35-36H,3,6,13-15H2,1-2H3,(H,32,37)/t18-,22+,23-,24?,25+,26+,27-,28-,30-/m1/s1. The molecule has 1 spiro atoms. The van der Waals surface area contributed by atoms with Crippen molar-refractivity contribution in [1.82, 2.24) is 4.90 Å². The van der Waals surface area contributed by atoms with Gasteiger partial charge in [0.25, 0.3) is 0 Å². The van der Waals surface area contributed by atoms with E-state index in [9.17, 15) is 24.2 Å². The summed E-state index contributed by atoms with van der Waals surface area (Å²) in [6, 6.07) is 13.3. The number of ketones is 1. The van der Waals surface area contributed by atoms with Crippen LogP contribution < -0.4 is 5.32 Å². The molecule has 4 aliphatic heterocycles. The first-order chi connectivity index (χ1) is 19.2. The topological polar surface area (TPSA) is 118 Å². The van der Waals surface area contributed by atoms with E-state index in [0.29, 0.717) is 24.2 Å². The fourth-order valence-electron chi connectivity index (χ4n) is 7.11. The number of likely N-dealkylation sites (N-methyl/N-ethyl adjacent to an activating group) is 1. The summed E-state index contributed by atoms with van der Waals surface area (Å²) in [4.78, 5) is 30.0. The number of carbonyl (C=O) groups excluding carboxylic acids is 2. The van der Waals surface area contributed by atoms with Gasteiger partial charge in [-0.25, -0.2) is 4.39 Å². The minimum atomic E-state index is -1.37. The Balaban J connectivity index is 1.33. The molecule has 6 rings (SSSR count).